The van der Waals surface area contributed by atoms with Crippen molar-refractivity contribution in [3.63, 3.8) is 0 Å². The Morgan fingerprint density at radius 2 is 2.20 bits per heavy atom. The van der Waals surface area contributed by atoms with Crippen molar-refractivity contribution in [1.82, 2.24) is 4.98 Å². The lowest BCUT2D eigenvalue weighted by Gasteiger charge is -2.12. The molecule has 1 atom stereocenters. The molecule has 6 heteroatoms. The Balaban J connectivity index is 2.53. The molecule has 76 valence electrons. The van der Waals surface area contributed by atoms with Gasteiger partial charge in [-0.1, -0.05) is 0 Å². The Bertz CT molecular complexity index is 484. The summed E-state index contributed by atoms with van der Waals surface area (Å²) in [6.07, 6.45) is 1.13. The summed E-state index contributed by atoms with van der Waals surface area (Å²) in [5.74, 6) is -2.97. The first-order valence-electron chi connectivity index (χ1n) is 4.07. The second-order valence-electron chi connectivity index (χ2n) is 2.96. The molecule has 15 heavy (non-hydrogen) atoms. The fourth-order valence-electron chi connectivity index (χ4n) is 1.26. The molecule has 5 nitrogen and oxygen atoms in total. The van der Waals surface area contributed by atoms with Crippen molar-refractivity contribution in [3.05, 3.63) is 22.4 Å². The largest absolute Gasteiger partial charge is 0.480 e. The van der Waals surface area contributed by atoms with Crippen molar-refractivity contribution in [2.24, 2.45) is 10.9 Å². The van der Waals surface area contributed by atoms with Crippen LogP contribution in [0.1, 0.15) is 10.5 Å². The average molecular weight is 269 g/mol. The molecule has 0 aromatic carbocycles. The molecule has 1 aromatic rings. The van der Waals surface area contributed by atoms with Crippen molar-refractivity contribution in [2.45, 2.75) is 0 Å². The molecule has 0 radical (unpaired) electrons. The maximum absolute atomic E-state index is 11.7. The minimum Gasteiger partial charge on any atom is -0.480 e. The normalized spacial score (nSPS) is 18.7. The highest BCUT2D eigenvalue weighted by atomic mass is 79.9. The number of carbonyl (C=O) groups excluding carboxylic acids is 1. The van der Waals surface area contributed by atoms with Crippen molar-refractivity contribution in [2.75, 3.05) is 0 Å². The van der Waals surface area contributed by atoms with Crippen LogP contribution in [0.5, 0.6) is 0 Å². The molecule has 2 rings (SSSR count). The molecule has 1 N–H and O–H groups in total. The Morgan fingerprint density at radius 1 is 1.47 bits per heavy atom. The number of rotatable bonds is 1. The number of hydrogen-bond donors (Lipinski definition) is 1. The summed E-state index contributed by atoms with van der Waals surface area (Å²) < 4.78 is 0.482. The van der Waals surface area contributed by atoms with Crippen LogP contribution in [0.15, 0.2) is 21.7 Å². The molecule has 0 fully saturated rings. The number of nitrogens with zero attached hydrogens (tertiary/aromatic N) is 2. The van der Waals surface area contributed by atoms with Crippen LogP contribution in [0.3, 0.4) is 0 Å². The lowest BCUT2D eigenvalue weighted by Crippen LogP contribution is -2.28. The molecule has 1 unspecified atom stereocenters. The predicted molar refractivity (Wildman–Crippen MR) is 55.5 cm³/mol. The van der Waals surface area contributed by atoms with Gasteiger partial charge in [0.2, 0.25) is 5.78 Å². The third-order valence-electron chi connectivity index (χ3n) is 1.98. The molecule has 1 aromatic heterocycles. The monoisotopic (exact) mass is 268 g/mol. The zero-order chi connectivity index (χ0) is 11.0. The Kier molecular flexibility index (Phi) is 2.36. The molecule has 0 aliphatic carbocycles. The number of carbonyl (C=O) groups is 2. The summed E-state index contributed by atoms with van der Waals surface area (Å²) >= 11 is 3.11. The molecular weight excluding hydrogens is 264 g/mol. The quantitative estimate of drug-likeness (QED) is 0.618. The molecular formula is C9H5BrN2O3. The molecule has 0 spiro atoms. The van der Waals surface area contributed by atoms with Crippen molar-refractivity contribution >= 4 is 39.6 Å². The maximum atomic E-state index is 11.7. The Labute approximate surface area is 93.0 Å². The second kappa shape index (κ2) is 3.54. The van der Waals surface area contributed by atoms with Crippen LogP contribution in [-0.4, -0.2) is 28.1 Å². The van der Waals surface area contributed by atoms with Gasteiger partial charge in [-0.25, -0.2) is 4.98 Å². The summed E-state index contributed by atoms with van der Waals surface area (Å²) in [6, 6.07) is 3.25. The first kappa shape index (κ1) is 9.97. The van der Waals surface area contributed by atoms with E-state index in [1.807, 2.05) is 0 Å². The van der Waals surface area contributed by atoms with Crippen LogP contribution < -0.4 is 0 Å². The van der Waals surface area contributed by atoms with Crippen LogP contribution in [0.25, 0.3) is 0 Å². The van der Waals surface area contributed by atoms with E-state index < -0.39 is 17.7 Å². The number of Topliss-reactive ketones (excluding diaryl/α,β-unsaturated/α-hetero) is 1. The van der Waals surface area contributed by atoms with Gasteiger partial charge in [0.25, 0.3) is 0 Å². The number of ketones is 1. The smallest absolute Gasteiger partial charge is 0.320 e. The molecule has 1 aliphatic rings. The summed E-state index contributed by atoms with van der Waals surface area (Å²) in [5.41, 5.74) is 0.500. The highest BCUT2D eigenvalue weighted by Gasteiger charge is 2.31. The van der Waals surface area contributed by atoms with E-state index in [1.54, 1.807) is 12.1 Å². The summed E-state index contributed by atoms with van der Waals surface area (Å²) in [5, 5.41) is 8.75. The topological polar surface area (TPSA) is 79.6 Å². The van der Waals surface area contributed by atoms with E-state index in [0.717, 1.165) is 6.21 Å². The summed E-state index contributed by atoms with van der Waals surface area (Å²) in [4.78, 5) is 30.2. The SMILES string of the molecule is O=C(O)C1C=Nc2ccc(Br)nc2C1=O. The van der Waals surface area contributed by atoms with Crippen LogP contribution >= 0.6 is 15.9 Å². The fourth-order valence-corrected chi connectivity index (χ4v) is 1.57. The Morgan fingerprint density at radius 3 is 2.87 bits per heavy atom. The van der Waals surface area contributed by atoms with Crippen molar-refractivity contribution in [3.8, 4) is 0 Å². The number of halogens is 1. The van der Waals surface area contributed by atoms with Gasteiger partial charge in [-0.05, 0) is 28.1 Å². The van der Waals surface area contributed by atoms with Crippen LogP contribution in [0, 0.1) is 5.92 Å². The van der Waals surface area contributed by atoms with E-state index >= 15 is 0 Å². The lowest BCUT2D eigenvalue weighted by atomic mass is 9.99. The first-order valence-corrected chi connectivity index (χ1v) is 4.86. The number of carboxylic acids is 1. The Hall–Kier alpha value is -1.56. The summed E-state index contributed by atoms with van der Waals surface area (Å²) in [6.45, 7) is 0. The van der Waals surface area contributed by atoms with E-state index in [2.05, 4.69) is 25.9 Å². The molecule has 0 bridgehead atoms. The lowest BCUT2D eigenvalue weighted by molar-refractivity contribution is -0.137. The zero-order valence-electron chi connectivity index (χ0n) is 7.35. The maximum Gasteiger partial charge on any atom is 0.320 e. The molecule has 0 saturated carbocycles. The number of hydrogen-bond acceptors (Lipinski definition) is 4. The third kappa shape index (κ3) is 1.68. The fraction of sp³-hybridized carbons (Fsp3) is 0.111. The molecule has 0 saturated heterocycles. The molecule has 0 amide bonds. The van der Waals surface area contributed by atoms with E-state index in [1.165, 1.54) is 0 Å². The number of aliphatic imine (C=N–C) groups is 1. The molecule has 1 aliphatic heterocycles. The number of aliphatic carboxylic acids is 1. The average Bonchev–Trinajstić information content (AvgIpc) is 2.19. The van der Waals surface area contributed by atoms with Gasteiger partial charge >= 0.3 is 5.97 Å². The van der Waals surface area contributed by atoms with Gasteiger partial charge in [0.05, 0.1) is 5.69 Å². The van der Waals surface area contributed by atoms with Gasteiger partial charge in [0, 0.05) is 6.21 Å². The zero-order valence-corrected chi connectivity index (χ0v) is 8.93. The van der Waals surface area contributed by atoms with E-state index in [-0.39, 0.29) is 5.69 Å². The van der Waals surface area contributed by atoms with Gasteiger partial charge in [-0.15, -0.1) is 0 Å². The van der Waals surface area contributed by atoms with E-state index in [9.17, 15) is 9.59 Å². The van der Waals surface area contributed by atoms with Gasteiger partial charge in [-0.2, -0.15) is 0 Å². The van der Waals surface area contributed by atoms with E-state index in [0.29, 0.717) is 10.3 Å². The van der Waals surface area contributed by atoms with Crippen molar-refractivity contribution in [1.29, 1.82) is 0 Å². The van der Waals surface area contributed by atoms with Crippen LogP contribution in [0.4, 0.5) is 5.69 Å². The molecule has 2 heterocycles. The third-order valence-corrected chi connectivity index (χ3v) is 2.43. The first-order chi connectivity index (χ1) is 7.09. The number of pyridine rings is 1. The van der Waals surface area contributed by atoms with Crippen molar-refractivity contribution < 1.29 is 14.7 Å². The second-order valence-corrected chi connectivity index (χ2v) is 3.77. The van der Waals surface area contributed by atoms with Gasteiger partial charge in [-0.3, -0.25) is 14.6 Å². The minimum absolute atomic E-state index is 0.0966. The highest BCUT2D eigenvalue weighted by molar-refractivity contribution is 9.10. The highest BCUT2D eigenvalue weighted by Crippen LogP contribution is 2.26. The minimum atomic E-state index is -1.22. The standard InChI is InChI=1S/C9H5BrN2O3/c10-6-2-1-5-7(12-6)8(13)4(3-11-5)9(14)15/h1-4H,(H,14,15). The predicted octanol–water partition coefficient (Wildman–Crippen LogP) is 1.44. The van der Waals surface area contributed by atoms with Gasteiger partial charge in [0.15, 0.2) is 5.92 Å². The number of fused-ring (bicyclic) bond motifs is 1. The van der Waals surface area contributed by atoms with E-state index in [4.69, 9.17) is 5.11 Å². The number of carboxylic acid groups (broad SMARTS) is 1. The number of aromatic nitrogens is 1. The summed E-state index contributed by atoms with van der Waals surface area (Å²) in [7, 11) is 0. The van der Waals surface area contributed by atoms with Crippen LogP contribution in [-0.2, 0) is 4.79 Å². The van der Waals surface area contributed by atoms with Gasteiger partial charge < -0.3 is 5.11 Å². The van der Waals surface area contributed by atoms with Crippen LogP contribution in [0.2, 0.25) is 0 Å². The van der Waals surface area contributed by atoms with Gasteiger partial charge in [0.1, 0.15) is 10.3 Å².